The lowest BCUT2D eigenvalue weighted by Gasteiger charge is -2.18. The number of aryl methyl sites for hydroxylation is 1. The van der Waals surface area contributed by atoms with Gasteiger partial charge < -0.3 is 4.90 Å². The van der Waals surface area contributed by atoms with Gasteiger partial charge in [-0.2, -0.15) is 0 Å². The average Bonchev–Trinajstić information content (AvgIpc) is 2.96. The molecule has 2 aromatic rings. The van der Waals surface area contributed by atoms with Crippen molar-refractivity contribution in [2.75, 3.05) is 6.54 Å². The Bertz CT molecular complexity index is 587. The fourth-order valence-corrected chi connectivity index (χ4v) is 2.70. The van der Waals surface area contributed by atoms with E-state index in [2.05, 4.69) is 6.07 Å². The molecule has 0 spiro atoms. The molecule has 1 aromatic heterocycles. The lowest BCUT2D eigenvalue weighted by molar-refractivity contribution is -0.126. The first-order valence-electron chi connectivity index (χ1n) is 6.75. The number of rotatable bonds is 5. The fraction of sp³-hybridized carbons (Fsp3) is 0.235. The highest BCUT2D eigenvalue weighted by molar-refractivity contribution is 7.09. The van der Waals surface area contributed by atoms with Crippen LogP contribution in [0, 0.1) is 6.92 Å². The van der Waals surface area contributed by atoms with Gasteiger partial charge in [-0.25, -0.2) is 0 Å². The smallest absolute Gasteiger partial charge is 0.246 e. The summed E-state index contributed by atoms with van der Waals surface area (Å²) in [5.41, 5.74) is 2.27. The molecule has 0 saturated carbocycles. The minimum atomic E-state index is 0.0594. The molecule has 2 nitrogen and oxygen atoms in total. The van der Waals surface area contributed by atoms with E-state index in [1.807, 2.05) is 60.5 Å². The molecular weight excluding hydrogens is 266 g/mol. The van der Waals surface area contributed by atoms with Gasteiger partial charge in [0.15, 0.2) is 0 Å². The first-order valence-corrected chi connectivity index (χ1v) is 7.63. The minimum Gasteiger partial charge on any atom is -0.334 e. The van der Waals surface area contributed by atoms with Crippen molar-refractivity contribution in [1.82, 2.24) is 4.90 Å². The van der Waals surface area contributed by atoms with Crippen LogP contribution in [-0.2, 0) is 11.3 Å². The zero-order chi connectivity index (χ0) is 14.4. The van der Waals surface area contributed by atoms with Crippen molar-refractivity contribution in [1.29, 1.82) is 0 Å². The monoisotopic (exact) mass is 285 g/mol. The van der Waals surface area contributed by atoms with Crippen molar-refractivity contribution in [3.05, 3.63) is 63.9 Å². The second-order valence-corrected chi connectivity index (χ2v) is 5.65. The summed E-state index contributed by atoms with van der Waals surface area (Å²) >= 11 is 1.68. The second-order valence-electron chi connectivity index (χ2n) is 4.62. The molecule has 0 N–H and O–H groups in total. The van der Waals surface area contributed by atoms with Gasteiger partial charge in [0.05, 0.1) is 6.54 Å². The van der Waals surface area contributed by atoms with Crippen LogP contribution < -0.4 is 0 Å². The number of thiophene rings is 1. The molecule has 2 rings (SSSR count). The maximum atomic E-state index is 12.2. The largest absolute Gasteiger partial charge is 0.334 e. The molecule has 0 radical (unpaired) electrons. The molecule has 104 valence electrons. The lowest BCUT2D eigenvalue weighted by Crippen LogP contribution is -2.28. The number of carbonyl (C=O) groups excluding carboxylic acids is 1. The number of likely N-dealkylation sites (N-methyl/N-ethyl adjacent to an activating group) is 1. The topological polar surface area (TPSA) is 20.3 Å². The summed E-state index contributed by atoms with van der Waals surface area (Å²) in [5.74, 6) is 0.0594. The Morgan fingerprint density at radius 3 is 2.70 bits per heavy atom. The van der Waals surface area contributed by atoms with Crippen LogP contribution in [0.5, 0.6) is 0 Å². The Morgan fingerprint density at radius 2 is 2.05 bits per heavy atom. The molecule has 0 aliphatic heterocycles. The van der Waals surface area contributed by atoms with E-state index >= 15 is 0 Å². The lowest BCUT2D eigenvalue weighted by atomic mass is 10.1. The van der Waals surface area contributed by atoms with Crippen molar-refractivity contribution in [3.8, 4) is 0 Å². The van der Waals surface area contributed by atoms with Crippen molar-refractivity contribution < 1.29 is 4.79 Å². The molecule has 0 saturated heterocycles. The van der Waals surface area contributed by atoms with Gasteiger partial charge in [0.2, 0.25) is 5.91 Å². The number of nitrogens with zero attached hydrogens (tertiary/aromatic N) is 1. The summed E-state index contributed by atoms with van der Waals surface area (Å²) in [5, 5.41) is 2.04. The van der Waals surface area contributed by atoms with E-state index in [4.69, 9.17) is 0 Å². The second kappa shape index (κ2) is 7.06. The van der Waals surface area contributed by atoms with Crippen molar-refractivity contribution in [2.24, 2.45) is 0 Å². The molecule has 1 amide bonds. The summed E-state index contributed by atoms with van der Waals surface area (Å²) in [7, 11) is 0. The van der Waals surface area contributed by atoms with Crippen LogP contribution in [0.1, 0.15) is 22.9 Å². The zero-order valence-corrected chi connectivity index (χ0v) is 12.7. The molecule has 0 fully saturated rings. The first-order chi connectivity index (χ1) is 9.70. The van der Waals surface area contributed by atoms with Crippen LogP contribution in [-0.4, -0.2) is 17.4 Å². The summed E-state index contributed by atoms with van der Waals surface area (Å²) in [6, 6.07) is 12.1. The molecular formula is C17H19NOS. The highest BCUT2D eigenvalue weighted by Gasteiger charge is 2.09. The number of hydrogen-bond donors (Lipinski definition) is 0. The van der Waals surface area contributed by atoms with Gasteiger partial charge in [-0.05, 0) is 42.5 Å². The molecule has 20 heavy (non-hydrogen) atoms. The minimum absolute atomic E-state index is 0.0594. The van der Waals surface area contributed by atoms with E-state index < -0.39 is 0 Å². The number of amides is 1. The van der Waals surface area contributed by atoms with Crippen molar-refractivity contribution in [3.63, 3.8) is 0 Å². The highest BCUT2D eigenvalue weighted by atomic mass is 32.1. The zero-order valence-electron chi connectivity index (χ0n) is 11.9. The van der Waals surface area contributed by atoms with E-state index in [0.29, 0.717) is 6.54 Å². The van der Waals surface area contributed by atoms with Gasteiger partial charge in [0.25, 0.3) is 0 Å². The molecule has 1 aromatic carbocycles. The van der Waals surface area contributed by atoms with E-state index in [1.54, 1.807) is 17.4 Å². The molecule has 0 unspecified atom stereocenters. The van der Waals surface area contributed by atoms with Gasteiger partial charge >= 0.3 is 0 Å². The Morgan fingerprint density at radius 1 is 1.25 bits per heavy atom. The maximum Gasteiger partial charge on any atom is 0.246 e. The molecule has 0 atom stereocenters. The maximum absolute atomic E-state index is 12.2. The third-order valence-corrected chi connectivity index (χ3v) is 4.08. The normalized spacial score (nSPS) is 10.9. The van der Waals surface area contributed by atoms with Crippen molar-refractivity contribution in [2.45, 2.75) is 20.4 Å². The summed E-state index contributed by atoms with van der Waals surface area (Å²) in [6.45, 7) is 5.46. The van der Waals surface area contributed by atoms with E-state index in [-0.39, 0.29) is 5.91 Å². The Labute approximate surface area is 124 Å². The summed E-state index contributed by atoms with van der Waals surface area (Å²) < 4.78 is 0. The Balaban J connectivity index is 2.04. The predicted octanol–water partition coefficient (Wildman–Crippen LogP) is 4.12. The highest BCUT2D eigenvalue weighted by Crippen LogP contribution is 2.13. The van der Waals surface area contributed by atoms with Gasteiger partial charge in [0.1, 0.15) is 0 Å². The molecule has 1 heterocycles. The fourth-order valence-electron chi connectivity index (χ4n) is 1.98. The molecule has 0 aliphatic rings. The van der Waals surface area contributed by atoms with E-state index in [0.717, 1.165) is 12.1 Å². The Hall–Kier alpha value is -1.87. The summed E-state index contributed by atoms with van der Waals surface area (Å²) in [4.78, 5) is 15.3. The average molecular weight is 285 g/mol. The van der Waals surface area contributed by atoms with Crippen molar-refractivity contribution >= 4 is 23.3 Å². The SMILES string of the molecule is CCN(Cc1cccs1)C(=O)/C=C/c1ccccc1C. The van der Waals surface area contributed by atoms with E-state index in [1.165, 1.54) is 10.4 Å². The first kappa shape index (κ1) is 14.5. The van der Waals surface area contributed by atoms with Crippen LogP contribution in [0.15, 0.2) is 47.9 Å². The third-order valence-electron chi connectivity index (χ3n) is 3.21. The Kier molecular flexibility index (Phi) is 5.13. The van der Waals surface area contributed by atoms with Gasteiger partial charge in [-0.15, -0.1) is 11.3 Å². The van der Waals surface area contributed by atoms with Crippen LogP contribution in [0.4, 0.5) is 0 Å². The standard InChI is InChI=1S/C17H19NOS/c1-3-18(13-16-9-6-12-20-16)17(19)11-10-15-8-5-4-7-14(15)2/h4-12H,3,13H2,1-2H3/b11-10+. The van der Waals surface area contributed by atoms with Crippen LogP contribution in [0.2, 0.25) is 0 Å². The van der Waals surface area contributed by atoms with Gasteiger partial charge in [-0.3, -0.25) is 4.79 Å². The van der Waals surface area contributed by atoms with Gasteiger partial charge in [-0.1, -0.05) is 30.3 Å². The number of benzene rings is 1. The number of carbonyl (C=O) groups is 1. The molecule has 0 bridgehead atoms. The molecule has 0 aliphatic carbocycles. The quantitative estimate of drug-likeness (QED) is 0.757. The van der Waals surface area contributed by atoms with E-state index in [9.17, 15) is 4.79 Å². The van der Waals surface area contributed by atoms with Crippen LogP contribution in [0.3, 0.4) is 0 Å². The number of hydrogen-bond acceptors (Lipinski definition) is 2. The summed E-state index contributed by atoms with van der Waals surface area (Å²) in [6.07, 6.45) is 3.56. The third kappa shape index (κ3) is 3.81. The predicted molar refractivity (Wildman–Crippen MR) is 85.6 cm³/mol. The van der Waals surface area contributed by atoms with Crippen LogP contribution >= 0.6 is 11.3 Å². The molecule has 3 heteroatoms. The van der Waals surface area contributed by atoms with Gasteiger partial charge in [0, 0.05) is 17.5 Å². The van der Waals surface area contributed by atoms with Crippen LogP contribution in [0.25, 0.3) is 6.08 Å².